The lowest BCUT2D eigenvalue weighted by Gasteiger charge is -2.32. The van der Waals surface area contributed by atoms with Crippen molar-refractivity contribution in [1.82, 2.24) is 9.80 Å². The van der Waals surface area contributed by atoms with Crippen LogP contribution in [0.5, 0.6) is 0 Å². The van der Waals surface area contributed by atoms with E-state index in [4.69, 9.17) is 21.5 Å². The number of anilines is 1. The molecule has 1 aliphatic rings. The largest absolute Gasteiger partial charge is 0.490 e. The summed E-state index contributed by atoms with van der Waals surface area (Å²) in [7, 11) is 0. The van der Waals surface area contributed by atoms with E-state index >= 15 is 0 Å². The van der Waals surface area contributed by atoms with Crippen LogP contribution in [0.4, 0.5) is 32.4 Å². The van der Waals surface area contributed by atoms with E-state index < -0.39 is 29.8 Å². The summed E-state index contributed by atoms with van der Waals surface area (Å²) in [5.41, 5.74) is 1.85. The SMILES string of the molecule is O=C(Nc1ccc(Cl)cc1)N(CCCN1CCC(Cc2ccccc2)CC1)Cc1c(F)cccc1F.O=C(O)C(F)(F)F. The first kappa shape index (κ1) is 33.8. The molecule has 232 valence electrons. The Morgan fingerprint density at radius 2 is 1.51 bits per heavy atom. The fourth-order valence-corrected chi connectivity index (χ4v) is 4.84. The zero-order chi connectivity index (χ0) is 31.4. The van der Waals surface area contributed by atoms with E-state index in [2.05, 4.69) is 34.5 Å². The number of aliphatic carboxylic acids is 1. The maximum atomic E-state index is 14.3. The molecule has 43 heavy (non-hydrogen) atoms. The Morgan fingerprint density at radius 3 is 2.07 bits per heavy atom. The van der Waals surface area contributed by atoms with E-state index in [0.717, 1.165) is 38.9 Å². The van der Waals surface area contributed by atoms with Crippen LogP contribution in [0.15, 0.2) is 72.8 Å². The number of rotatable bonds is 9. The molecule has 0 aromatic heterocycles. The van der Waals surface area contributed by atoms with Crippen molar-refractivity contribution in [2.24, 2.45) is 5.92 Å². The van der Waals surface area contributed by atoms with E-state index in [-0.39, 0.29) is 12.1 Å². The van der Waals surface area contributed by atoms with Gasteiger partial charge in [0.05, 0.1) is 6.54 Å². The number of benzene rings is 3. The predicted molar refractivity (Wildman–Crippen MR) is 155 cm³/mol. The molecular formula is C31H33ClF5N3O3. The first-order valence-corrected chi connectivity index (χ1v) is 14.1. The minimum Gasteiger partial charge on any atom is -0.475 e. The zero-order valence-electron chi connectivity index (χ0n) is 23.3. The Morgan fingerprint density at radius 1 is 0.930 bits per heavy atom. The number of nitrogens with zero attached hydrogens (tertiary/aromatic N) is 2. The number of hydrogen-bond acceptors (Lipinski definition) is 3. The Hall–Kier alpha value is -3.70. The number of carboxylic acid groups (broad SMARTS) is 1. The van der Waals surface area contributed by atoms with Crippen LogP contribution >= 0.6 is 11.6 Å². The van der Waals surface area contributed by atoms with E-state index in [1.807, 2.05) is 6.07 Å². The highest BCUT2D eigenvalue weighted by molar-refractivity contribution is 6.30. The number of urea groups is 1. The second-order valence-corrected chi connectivity index (χ2v) is 10.6. The molecule has 0 bridgehead atoms. The average molecular weight is 626 g/mol. The van der Waals surface area contributed by atoms with Gasteiger partial charge in [-0.2, -0.15) is 13.2 Å². The lowest BCUT2D eigenvalue weighted by molar-refractivity contribution is -0.192. The lowest BCUT2D eigenvalue weighted by atomic mass is 9.90. The first-order chi connectivity index (χ1) is 20.4. The molecule has 1 saturated heterocycles. The molecule has 0 aliphatic carbocycles. The Balaban J connectivity index is 0.000000646. The molecule has 3 aromatic carbocycles. The van der Waals surface area contributed by atoms with Crippen LogP contribution < -0.4 is 5.32 Å². The van der Waals surface area contributed by atoms with Gasteiger partial charge in [-0.15, -0.1) is 0 Å². The van der Waals surface area contributed by atoms with Crippen LogP contribution in [-0.4, -0.2) is 59.3 Å². The topological polar surface area (TPSA) is 72.9 Å². The highest BCUT2D eigenvalue weighted by Crippen LogP contribution is 2.22. The molecule has 2 N–H and O–H groups in total. The summed E-state index contributed by atoms with van der Waals surface area (Å²) < 4.78 is 60.4. The molecular weight excluding hydrogens is 593 g/mol. The molecule has 6 nitrogen and oxygen atoms in total. The van der Waals surface area contributed by atoms with Crippen molar-refractivity contribution >= 4 is 29.3 Å². The number of piperidine rings is 1. The van der Waals surface area contributed by atoms with Gasteiger partial charge in [-0.25, -0.2) is 18.4 Å². The van der Waals surface area contributed by atoms with E-state index in [9.17, 15) is 26.7 Å². The summed E-state index contributed by atoms with van der Waals surface area (Å²) >= 11 is 5.93. The van der Waals surface area contributed by atoms with E-state index in [0.29, 0.717) is 29.6 Å². The fourth-order valence-electron chi connectivity index (χ4n) is 4.71. The molecule has 12 heteroatoms. The summed E-state index contributed by atoms with van der Waals surface area (Å²) in [5, 5.41) is 10.5. The second-order valence-electron chi connectivity index (χ2n) is 10.2. The highest BCUT2D eigenvalue weighted by atomic mass is 35.5. The van der Waals surface area contributed by atoms with Gasteiger partial charge < -0.3 is 20.2 Å². The Labute approximate surface area is 252 Å². The Kier molecular flexibility index (Phi) is 12.8. The number of alkyl halides is 3. The van der Waals surface area contributed by atoms with Crippen molar-refractivity contribution in [3.63, 3.8) is 0 Å². The number of likely N-dealkylation sites (tertiary alicyclic amines) is 1. The summed E-state index contributed by atoms with van der Waals surface area (Å²) in [6.45, 7) is 3.13. The Bertz CT molecular complexity index is 1300. The molecule has 0 atom stereocenters. The molecule has 2 amide bonds. The first-order valence-electron chi connectivity index (χ1n) is 13.7. The smallest absolute Gasteiger partial charge is 0.475 e. The van der Waals surface area contributed by atoms with Crippen LogP contribution in [0, 0.1) is 17.6 Å². The van der Waals surface area contributed by atoms with Crippen LogP contribution in [0.1, 0.15) is 30.4 Å². The second kappa shape index (κ2) is 16.2. The third kappa shape index (κ3) is 11.5. The summed E-state index contributed by atoms with van der Waals surface area (Å²) in [5.74, 6) is -3.37. The fraction of sp³-hybridized carbons (Fsp3) is 0.355. The third-order valence-electron chi connectivity index (χ3n) is 7.01. The van der Waals surface area contributed by atoms with Crippen molar-refractivity contribution in [1.29, 1.82) is 0 Å². The minimum atomic E-state index is -5.08. The van der Waals surface area contributed by atoms with Crippen molar-refractivity contribution in [2.45, 2.75) is 38.4 Å². The number of nitrogens with one attached hydrogen (secondary N) is 1. The quantitative estimate of drug-likeness (QED) is 0.240. The van der Waals surface area contributed by atoms with Crippen molar-refractivity contribution in [3.8, 4) is 0 Å². The number of halogens is 6. The lowest BCUT2D eigenvalue weighted by Crippen LogP contribution is -2.39. The molecule has 3 aromatic rings. The van der Waals surface area contributed by atoms with Crippen LogP contribution in [-0.2, 0) is 17.8 Å². The van der Waals surface area contributed by atoms with Gasteiger partial charge in [0.2, 0.25) is 0 Å². The molecule has 4 rings (SSSR count). The van der Waals surface area contributed by atoms with Crippen molar-refractivity contribution in [3.05, 3.63) is 101 Å². The van der Waals surface area contributed by atoms with Crippen molar-refractivity contribution < 1.29 is 36.6 Å². The van der Waals surface area contributed by atoms with Gasteiger partial charge in [-0.3, -0.25) is 0 Å². The van der Waals surface area contributed by atoms with Gasteiger partial charge in [0, 0.05) is 22.8 Å². The van der Waals surface area contributed by atoms with Gasteiger partial charge in [0.15, 0.2) is 0 Å². The molecule has 1 aliphatic heterocycles. The predicted octanol–water partition coefficient (Wildman–Crippen LogP) is 7.63. The number of carbonyl (C=O) groups is 2. The highest BCUT2D eigenvalue weighted by Gasteiger charge is 2.38. The van der Waals surface area contributed by atoms with E-state index in [1.54, 1.807) is 24.3 Å². The number of carboxylic acids is 1. The van der Waals surface area contributed by atoms with Gasteiger partial charge in [0.25, 0.3) is 0 Å². The molecule has 1 heterocycles. The minimum absolute atomic E-state index is 0.106. The number of hydrogen-bond donors (Lipinski definition) is 2. The van der Waals surface area contributed by atoms with Crippen LogP contribution in [0.2, 0.25) is 5.02 Å². The maximum Gasteiger partial charge on any atom is 0.490 e. The summed E-state index contributed by atoms with van der Waals surface area (Å²) in [6, 6.07) is 20.7. The van der Waals surface area contributed by atoms with Crippen molar-refractivity contribution in [2.75, 3.05) is 31.5 Å². The van der Waals surface area contributed by atoms with Gasteiger partial charge in [-0.1, -0.05) is 48.0 Å². The van der Waals surface area contributed by atoms with Crippen LogP contribution in [0.25, 0.3) is 0 Å². The standard InChI is InChI=1S/C29H32ClF2N3O.C2HF3O2/c30-24-10-12-25(13-11-24)33-29(36)35(21-26-27(31)8-4-9-28(26)32)17-5-16-34-18-14-23(15-19-34)20-22-6-2-1-3-7-22;3-2(4,5)1(6)7/h1-4,6-13,23H,5,14-21H2,(H,33,36);(H,6,7). The normalized spacial score (nSPS) is 14.0. The summed E-state index contributed by atoms with van der Waals surface area (Å²) in [4.78, 5) is 25.8. The molecule has 1 fully saturated rings. The zero-order valence-corrected chi connectivity index (χ0v) is 24.1. The number of carbonyl (C=O) groups excluding carboxylic acids is 1. The molecule has 0 spiro atoms. The molecule has 0 saturated carbocycles. The maximum absolute atomic E-state index is 14.3. The monoisotopic (exact) mass is 625 g/mol. The number of amides is 2. The van der Waals surface area contributed by atoms with E-state index in [1.165, 1.54) is 28.7 Å². The third-order valence-corrected chi connectivity index (χ3v) is 7.26. The van der Waals surface area contributed by atoms with Gasteiger partial charge in [-0.05, 0) is 93.2 Å². The molecule has 0 unspecified atom stereocenters. The average Bonchev–Trinajstić information content (AvgIpc) is 2.96. The van der Waals surface area contributed by atoms with Gasteiger partial charge in [0.1, 0.15) is 11.6 Å². The van der Waals surface area contributed by atoms with Crippen LogP contribution in [0.3, 0.4) is 0 Å². The molecule has 0 radical (unpaired) electrons. The van der Waals surface area contributed by atoms with Gasteiger partial charge >= 0.3 is 18.2 Å². The summed E-state index contributed by atoms with van der Waals surface area (Å²) in [6.07, 6.45) is -0.957.